The van der Waals surface area contributed by atoms with E-state index in [1.807, 2.05) is 37.6 Å². The standard InChI is InChI=1S/C19H22ClFN2O3/c1-19(2,3)26-18(25)22-9-14-6-13(8-23(14)15(10-22)11-24)12-4-5-17(21)16(20)7-12/h4-8,15,24H,9-11H2,1-3H3. The number of aliphatic hydroxyl groups excluding tert-OH is 1. The minimum atomic E-state index is -0.582. The summed E-state index contributed by atoms with van der Waals surface area (Å²) in [5.41, 5.74) is 1.92. The van der Waals surface area contributed by atoms with Crippen LogP contribution < -0.4 is 0 Å². The van der Waals surface area contributed by atoms with Crippen molar-refractivity contribution in [3.05, 3.63) is 47.0 Å². The Bertz CT molecular complexity index is 829. The van der Waals surface area contributed by atoms with E-state index in [-0.39, 0.29) is 17.7 Å². The molecule has 0 aliphatic carbocycles. The van der Waals surface area contributed by atoms with Gasteiger partial charge in [0, 0.05) is 18.4 Å². The fourth-order valence-electron chi connectivity index (χ4n) is 3.04. The van der Waals surface area contributed by atoms with E-state index in [0.29, 0.717) is 13.1 Å². The van der Waals surface area contributed by atoms with Crippen molar-refractivity contribution in [2.24, 2.45) is 0 Å². The van der Waals surface area contributed by atoms with Crippen LogP contribution in [0.5, 0.6) is 0 Å². The second-order valence-electron chi connectivity index (χ2n) is 7.45. The van der Waals surface area contributed by atoms with Gasteiger partial charge in [-0.3, -0.25) is 0 Å². The van der Waals surface area contributed by atoms with Crippen molar-refractivity contribution in [1.29, 1.82) is 0 Å². The molecule has 1 N–H and O–H groups in total. The highest BCUT2D eigenvalue weighted by molar-refractivity contribution is 6.31. The zero-order valence-corrected chi connectivity index (χ0v) is 15.8. The molecule has 1 atom stereocenters. The highest BCUT2D eigenvalue weighted by Gasteiger charge is 2.31. The van der Waals surface area contributed by atoms with Gasteiger partial charge in [0.1, 0.15) is 11.4 Å². The summed E-state index contributed by atoms with van der Waals surface area (Å²) in [7, 11) is 0. The SMILES string of the molecule is CC(C)(C)OC(=O)N1Cc2cc(-c3ccc(F)c(Cl)c3)cn2C(CO)C1. The lowest BCUT2D eigenvalue weighted by atomic mass is 10.1. The van der Waals surface area contributed by atoms with Crippen LogP contribution in [0.4, 0.5) is 9.18 Å². The zero-order chi connectivity index (χ0) is 19.1. The van der Waals surface area contributed by atoms with Crippen LogP contribution in [-0.4, -0.2) is 39.4 Å². The van der Waals surface area contributed by atoms with Crippen LogP contribution in [0.1, 0.15) is 32.5 Å². The van der Waals surface area contributed by atoms with Gasteiger partial charge in [-0.05, 0) is 50.1 Å². The Kier molecular flexibility index (Phi) is 4.99. The molecule has 0 saturated heterocycles. The first-order chi connectivity index (χ1) is 12.2. The predicted molar refractivity (Wildman–Crippen MR) is 97.6 cm³/mol. The Morgan fingerprint density at radius 1 is 1.35 bits per heavy atom. The Hall–Kier alpha value is -2.05. The fraction of sp³-hybridized carbons (Fsp3) is 0.421. The molecule has 2 aromatic rings. The molecular formula is C19H22ClFN2O3. The average molecular weight is 381 g/mol. The van der Waals surface area contributed by atoms with Gasteiger partial charge in [-0.1, -0.05) is 17.7 Å². The summed E-state index contributed by atoms with van der Waals surface area (Å²) in [4.78, 5) is 14.0. The highest BCUT2D eigenvalue weighted by atomic mass is 35.5. The van der Waals surface area contributed by atoms with E-state index in [4.69, 9.17) is 16.3 Å². The summed E-state index contributed by atoms with van der Waals surface area (Å²) >= 11 is 5.88. The molecular weight excluding hydrogens is 359 g/mol. The number of amides is 1. The fourth-order valence-corrected chi connectivity index (χ4v) is 3.22. The number of ether oxygens (including phenoxy) is 1. The maximum atomic E-state index is 13.4. The molecule has 0 spiro atoms. The maximum absolute atomic E-state index is 13.4. The van der Waals surface area contributed by atoms with Gasteiger partial charge < -0.3 is 19.3 Å². The molecule has 26 heavy (non-hydrogen) atoms. The van der Waals surface area contributed by atoms with Gasteiger partial charge in [-0.15, -0.1) is 0 Å². The van der Waals surface area contributed by atoms with Crippen LogP contribution in [0.3, 0.4) is 0 Å². The van der Waals surface area contributed by atoms with Crippen LogP contribution >= 0.6 is 11.6 Å². The van der Waals surface area contributed by atoms with Crippen LogP contribution in [0, 0.1) is 5.82 Å². The van der Waals surface area contributed by atoms with E-state index in [0.717, 1.165) is 16.8 Å². The van der Waals surface area contributed by atoms with Crippen molar-refractivity contribution >= 4 is 17.7 Å². The van der Waals surface area contributed by atoms with Gasteiger partial charge in [0.15, 0.2) is 0 Å². The monoisotopic (exact) mass is 380 g/mol. The molecule has 1 aromatic carbocycles. The van der Waals surface area contributed by atoms with Crippen LogP contribution in [0.2, 0.25) is 5.02 Å². The Balaban J connectivity index is 1.89. The van der Waals surface area contributed by atoms with Crippen molar-refractivity contribution in [3.8, 4) is 11.1 Å². The van der Waals surface area contributed by atoms with Gasteiger partial charge in [-0.2, -0.15) is 0 Å². The van der Waals surface area contributed by atoms with Crippen molar-refractivity contribution in [2.45, 2.75) is 39.0 Å². The number of hydrogen-bond donors (Lipinski definition) is 1. The van der Waals surface area contributed by atoms with E-state index in [1.54, 1.807) is 17.0 Å². The molecule has 0 fully saturated rings. The summed E-state index contributed by atoms with van der Waals surface area (Å²) in [6, 6.07) is 6.20. The van der Waals surface area contributed by atoms with E-state index in [2.05, 4.69) is 0 Å². The first kappa shape index (κ1) is 18.7. The molecule has 7 heteroatoms. The third kappa shape index (κ3) is 3.86. The topological polar surface area (TPSA) is 54.7 Å². The van der Waals surface area contributed by atoms with Crippen molar-refractivity contribution < 1.29 is 19.0 Å². The first-order valence-electron chi connectivity index (χ1n) is 8.43. The third-order valence-corrected chi connectivity index (χ3v) is 4.51. The number of aliphatic hydroxyl groups is 1. The van der Waals surface area contributed by atoms with Crippen LogP contribution in [0.25, 0.3) is 11.1 Å². The largest absolute Gasteiger partial charge is 0.444 e. The molecule has 1 aliphatic rings. The van der Waals surface area contributed by atoms with Crippen molar-refractivity contribution in [2.75, 3.05) is 13.2 Å². The van der Waals surface area contributed by atoms with Gasteiger partial charge in [0.05, 0.1) is 24.2 Å². The molecule has 2 heterocycles. The van der Waals surface area contributed by atoms with Gasteiger partial charge in [0.25, 0.3) is 0 Å². The number of nitrogens with zero attached hydrogens (tertiary/aromatic N) is 2. The minimum absolute atomic E-state index is 0.0563. The molecule has 1 aliphatic heterocycles. The summed E-state index contributed by atoms with van der Waals surface area (Å²) in [5.74, 6) is -0.469. The lowest BCUT2D eigenvalue weighted by Crippen LogP contribution is -2.44. The normalized spacial score (nSPS) is 17.2. The number of aromatic nitrogens is 1. The molecule has 0 radical (unpaired) electrons. The second-order valence-corrected chi connectivity index (χ2v) is 7.86. The number of hydrogen-bond acceptors (Lipinski definition) is 3. The zero-order valence-electron chi connectivity index (χ0n) is 15.0. The van der Waals surface area contributed by atoms with E-state index >= 15 is 0 Å². The number of rotatable bonds is 2. The lowest BCUT2D eigenvalue weighted by Gasteiger charge is -2.35. The van der Waals surface area contributed by atoms with E-state index in [1.165, 1.54) is 6.07 Å². The summed E-state index contributed by atoms with van der Waals surface area (Å²) in [6.07, 6.45) is 1.49. The highest BCUT2D eigenvalue weighted by Crippen LogP contribution is 2.31. The second kappa shape index (κ2) is 6.93. The Morgan fingerprint density at radius 3 is 2.69 bits per heavy atom. The molecule has 0 bridgehead atoms. The molecule has 1 unspecified atom stereocenters. The predicted octanol–water partition coefficient (Wildman–Crippen LogP) is 4.23. The number of halogens is 2. The lowest BCUT2D eigenvalue weighted by molar-refractivity contribution is 0.0140. The van der Waals surface area contributed by atoms with Gasteiger partial charge in [-0.25, -0.2) is 9.18 Å². The maximum Gasteiger partial charge on any atom is 0.410 e. The summed E-state index contributed by atoms with van der Waals surface area (Å²) in [5, 5.41) is 9.82. The van der Waals surface area contributed by atoms with Crippen LogP contribution in [-0.2, 0) is 11.3 Å². The van der Waals surface area contributed by atoms with E-state index in [9.17, 15) is 14.3 Å². The molecule has 5 nitrogen and oxygen atoms in total. The number of carbonyl (C=O) groups excluding carboxylic acids is 1. The van der Waals surface area contributed by atoms with Gasteiger partial charge in [0.2, 0.25) is 0 Å². The van der Waals surface area contributed by atoms with E-state index < -0.39 is 17.5 Å². The van der Waals surface area contributed by atoms with Crippen molar-refractivity contribution in [3.63, 3.8) is 0 Å². The molecule has 1 amide bonds. The number of carbonyl (C=O) groups is 1. The Morgan fingerprint density at radius 2 is 2.08 bits per heavy atom. The molecule has 1 aromatic heterocycles. The first-order valence-corrected chi connectivity index (χ1v) is 8.80. The average Bonchev–Trinajstić information content (AvgIpc) is 2.98. The summed E-state index contributed by atoms with van der Waals surface area (Å²) < 4.78 is 20.8. The number of benzene rings is 1. The van der Waals surface area contributed by atoms with Crippen molar-refractivity contribution in [1.82, 2.24) is 9.47 Å². The third-order valence-electron chi connectivity index (χ3n) is 4.22. The molecule has 0 saturated carbocycles. The quantitative estimate of drug-likeness (QED) is 0.848. The summed E-state index contributed by atoms with van der Waals surface area (Å²) in [6.45, 7) is 6.08. The smallest absolute Gasteiger partial charge is 0.410 e. The van der Waals surface area contributed by atoms with Crippen LogP contribution in [0.15, 0.2) is 30.5 Å². The van der Waals surface area contributed by atoms with Gasteiger partial charge >= 0.3 is 6.09 Å². The molecule has 3 rings (SSSR count). The number of fused-ring (bicyclic) bond motifs is 1. The Labute approximate surface area is 156 Å². The minimum Gasteiger partial charge on any atom is -0.444 e. The molecule has 140 valence electrons.